The highest BCUT2D eigenvalue weighted by Crippen LogP contribution is 2.43. The van der Waals surface area contributed by atoms with E-state index in [-0.39, 0.29) is 0 Å². The Kier molecular flexibility index (Phi) is 4.38. The molecule has 0 amide bonds. The Morgan fingerprint density at radius 3 is 2.06 bits per heavy atom. The van der Waals surface area contributed by atoms with Gasteiger partial charge in [-0.25, -0.2) is 0 Å². The van der Waals surface area contributed by atoms with Gasteiger partial charge in [0.05, 0.1) is 0 Å². The molecule has 18 heavy (non-hydrogen) atoms. The van der Waals surface area contributed by atoms with E-state index >= 15 is 0 Å². The van der Waals surface area contributed by atoms with E-state index < -0.39 is 0 Å². The number of nitrogens with two attached hydrogens (primary N) is 1. The second kappa shape index (κ2) is 5.50. The maximum absolute atomic E-state index is 6.18. The van der Waals surface area contributed by atoms with E-state index in [1.807, 2.05) is 0 Å². The van der Waals surface area contributed by atoms with Crippen LogP contribution in [-0.4, -0.2) is 30.1 Å². The molecule has 106 valence electrons. The second-order valence-corrected chi connectivity index (χ2v) is 7.43. The lowest BCUT2D eigenvalue weighted by atomic mass is 9.68. The number of piperidine rings is 1. The van der Waals surface area contributed by atoms with Gasteiger partial charge in [-0.1, -0.05) is 27.2 Å². The molecule has 1 aliphatic heterocycles. The van der Waals surface area contributed by atoms with E-state index in [4.69, 9.17) is 5.73 Å². The maximum atomic E-state index is 6.18. The third kappa shape index (κ3) is 2.91. The fraction of sp³-hybridized carbons (Fsp3) is 1.00. The summed E-state index contributed by atoms with van der Waals surface area (Å²) in [4.78, 5) is 2.74. The number of likely N-dealkylation sites (tertiary alicyclic amines) is 1. The molecule has 0 atom stereocenters. The first-order valence-electron chi connectivity index (χ1n) is 7.96. The molecule has 0 aromatic carbocycles. The molecule has 2 aliphatic rings. The standard InChI is InChI=1S/C16H32N2/c1-4-14-5-11-18(12-6-14)16(13-17)9-7-15(2,3)8-10-16/h14H,4-13,17H2,1-3H3. The van der Waals surface area contributed by atoms with Crippen molar-refractivity contribution in [3.05, 3.63) is 0 Å². The van der Waals surface area contributed by atoms with Crippen molar-refractivity contribution in [1.29, 1.82) is 0 Å². The Morgan fingerprint density at radius 1 is 1.06 bits per heavy atom. The van der Waals surface area contributed by atoms with Gasteiger partial charge in [-0.15, -0.1) is 0 Å². The van der Waals surface area contributed by atoms with Gasteiger partial charge in [0.15, 0.2) is 0 Å². The molecule has 0 aromatic rings. The van der Waals surface area contributed by atoms with Gasteiger partial charge in [0.2, 0.25) is 0 Å². The summed E-state index contributed by atoms with van der Waals surface area (Å²) in [6.45, 7) is 10.6. The van der Waals surface area contributed by atoms with Crippen molar-refractivity contribution in [1.82, 2.24) is 4.90 Å². The van der Waals surface area contributed by atoms with Crippen LogP contribution in [0.2, 0.25) is 0 Å². The molecule has 0 bridgehead atoms. The first kappa shape index (κ1) is 14.3. The minimum atomic E-state index is 0.341. The van der Waals surface area contributed by atoms with Crippen LogP contribution in [0.3, 0.4) is 0 Å². The van der Waals surface area contributed by atoms with Gasteiger partial charge in [0, 0.05) is 12.1 Å². The number of hydrogen-bond acceptors (Lipinski definition) is 2. The van der Waals surface area contributed by atoms with Gasteiger partial charge >= 0.3 is 0 Å². The average molecular weight is 252 g/mol. The predicted octanol–water partition coefficient (Wildman–Crippen LogP) is 3.41. The Labute approximate surface area is 113 Å². The highest BCUT2D eigenvalue weighted by molar-refractivity contribution is 4.99. The smallest absolute Gasteiger partial charge is 0.0332 e. The Hall–Kier alpha value is -0.0800. The molecule has 2 rings (SSSR count). The Balaban J connectivity index is 1.97. The molecule has 1 heterocycles. The van der Waals surface area contributed by atoms with Crippen LogP contribution in [-0.2, 0) is 0 Å². The largest absolute Gasteiger partial charge is 0.329 e. The molecule has 0 radical (unpaired) electrons. The Morgan fingerprint density at radius 2 is 1.61 bits per heavy atom. The average Bonchev–Trinajstić information content (AvgIpc) is 2.40. The molecule has 0 aromatic heterocycles. The van der Waals surface area contributed by atoms with Crippen LogP contribution in [0.25, 0.3) is 0 Å². The summed E-state index contributed by atoms with van der Waals surface area (Å²) in [6.07, 6.45) is 9.45. The summed E-state index contributed by atoms with van der Waals surface area (Å²) in [6, 6.07) is 0. The minimum Gasteiger partial charge on any atom is -0.329 e. The van der Waals surface area contributed by atoms with Crippen LogP contribution < -0.4 is 5.73 Å². The Bertz CT molecular complexity index is 254. The summed E-state index contributed by atoms with van der Waals surface area (Å²) < 4.78 is 0. The molecule has 2 N–H and O–H groups in total. The van der Waals surface area contributed by atoms with E-state index in [1.165, 1.54) is 58.0 Å². The molecular weight excluding hydrogens is 220 g/mol. The quantitative estimate of drug-likeness (QED) is 0.834. The summed E-state index contributed by atoms with van der Waals surface area (Å²) >= 11 is 0. The summed E-state index contributed by atoms with van der Waals surface area (Å²) in [5, 5.41) is 0. The maximum Gasteiger partial charge on any atom is 0.0332 e. The molecule has 0 unspecified atom stereocenters. The van der Waals surface area contributed by atoms with Crippen LogP contribution in [0.1, 0.15) is 65.7 Å². The lowest BCUT2D eigenvalue weighted by molar-refractivity contribution is 0.000495. The van der Waals surface area contributed by atoms with Gasteiger partial charge in [0.1, 0.15) is 0 Å². The lowest BCUT2D eigenvalue weighted by Crippen LogP contribution is -2.58. The van der Waals surface area contributed by atoms with Crippen LogP contribution in [0.15, 0.2) is 0 Å². The van der Waals surface area contributed by atoms with Crippen LogP contribution in [0.5, 0.6) is 0 Å². The molecule has 2 heteroatoms. The van der Waals surface area contributed by atoms with Crippen LogP contribution in [0, 0.1) is 11.3 Å². The molecule has 1 saturated carbocycles. The molecule has 1 saturated heterocycles. The fourth-order valence-corrected chi connectivity index (χ4v) is 3.86. The van der Waals surface area contributed by atoms with E-state index in [9.17, 15) is 0 Å². The van der Waals surface area contributed by atoms with Crippen molar-refractivity contribution in [3.8, 4) is 0 Å². The number of rotatable bonds is 3. The lowest BCUT2D eigenvalue weighted by Gasteiger charge is -2.51. The second-order valence-electron chi connectivity index (χ2n) is 7.43. The van der Waals surface area contributed by atoms with Gasteiger partial charge in [0.25, 0.3) is 0 Å². The topological polar surface area (TPSA) is 29.3 Å². The number of nitrogens with zero attached hydrogens (tertiary/aromatic N) is 1. The van der Waals surface area contributed by atoms with Crippen molar-refractivity contribution in [2.75, 3.05) is 19.6 Å². The van der Waals surface area contributed by atoms with Gasteiger partial charge in [-0.05, 0) is 62.9 Å². The molecule has 2 nitrogen and oxygen atoms in total. The highest BCUT2D eigenvalue weighted by Gasteiger charge is 2.42. The third-order valence-corrected chi connectivity index (χ3v) is 5.78. The van der Waals surface area contributed by atoms with E-state index in [0.717, 1.165) is 12.5 Å². The van der Waals surface area contributed by atoms with E-state index in [0.29, 0.717) is 11.0 Å². The third-order valence-electron chi connectivity index (χ3n) is 5.78. The minimum absolute atomic E-state index is 0.341. The molecule has 0 spiro atoms. The number of hydrogen-bond donors (Lipinski definition) is 1. The van der Waals surface area contributed by atoms with Gasteiger partial charge < -0.3 is 5.73 Å². The van der Waals surface area contributed by atoms with Crippen molar-refractivity contribution >= 4 is 0 Å². The van der Waals surface area contributed by atoms with E-state index in [2.05, 4.69) is 25.7 Å². The molecular formula is C16H32N2. The normalized spacial score (nSPS) is 29.3. The monoisotopic (exact) mass is 252 g/mol. The molecule has 1 aliphatic carbocycles. The fourth-order valence-electron chi connectivity index (χ4n) is 3.86. The molecule has 2 fully saturated rings. The predicted molar refractivity (Wildman–Crippen MR) is 78.6 cm³/mol. The van der Waals surface area contributed by atoms with E-state index in [1.54, 1.807) is 0 Å². The van der Waals surface area contributed by atoms with Crippen LogP contribution >= 0.6 is 0 Å². The first-order chi connectivity index (χ1) is 8.51. The first-order valence-corrected chi connectivity index (χ1v) is 7.96. The van der Waals surface area contributed by atoms with Crippen molar-refractivity contribution in [2.45, 2.75) is 71.3 Å². The summed E-state index contributed by atoms with van der Waals surface area (Å²) in [5.41, 5.74) is 7.07. The zero-order chi connectivity index (χ0) is 13.2. The van der Waals surface area contributed by atoms with Gasteiger partial charge in [-0.2, -0.15) is 0 Å². The van der Waals surface area contributed by atoms with Crippen molar-refractivity contribution < 1.29 is 0 Å². The SMILES string of the molecule is CCC1CCN(C2(CN)CCC(C)(C)CC2)CC1. The van der Waals surface area contributed by atoms with Crippen molar-refractivity contribution in [2.24, 2.45) is 17.1 Å². The summed E-state index contributed by atoms with van der Waals surface area (Å²) in [7, 11) is 0. The van der Waals surface area contributed by atoms with Crippen molar-refractivity contribution in [3.63, 3.8) is 0 Å². The van der Waals surface area contributed by atoms with Gasteiger partial charge in [-0.3, -0.25) is 4.90 Å². The zero-order valence-corrected chi connectivity index (χ0v) is 12.7. The zero-order valence-electron chi connectivity index (χ0n) is 12.7. The highest BCUT2D eigenvalue weighted by atomic mass is 15.2. The van der Waals surface area contributed by atoms with Crippen LogP contribution in [0.4, 0.5) is 0 Å². The summed E-state index contributed by atoms with van der Waals surface area (Å²) in [5.74, 6) is 0.969.